The van der Waals surface area contributed by atoms with E-state index >= 15 is 0 Å². The molecule has 0 unspecified atom stereocenters. The van der Waals surface area contributed by atoms with Crippen molar-refractivity contribution < 1.29 is 5.11 Å². The van der Waals surface area contributed by atoms with Crippen LogP contribution in [0.5, 0.6) is 5.75 Å². The second kappa shape index (κ2) is 4.19. The van der Waals surface area contributed by atoms with Crippen LogP contribution in [-0.2, 0) is 0 Å². The fourth-order valence-corrected chi connectivity index (χ4v) is 2.38. The smallest absolute Gasteiger partial charge is 0.142 e. The zero-order chi connectivity index (χ0) is 12.7. The number of fused-ring (bicyclic) bond motifs is 1. The molecular formula is C13H8Cl2N2O. The number of H-pyrrole nitrogens is 1. The van der Waals surface area contributed by atoms with Gasteiger partial charge in [0, 0.05) is 5.02 Å². The number of phenolic OH excluding ortho intramolecular Hbond substituents is 1. The third-order valence-electron chi connectivity index (χ3n) is 2.66. The van der Waals surface area contributed by atoms with Crippen molar-refractivity contribution in [3.05, 3.63) is 46.4 Å². The molecule has 0 bridgehead atoms. The molecule has 18 heavy (non-hydrogen) atoms. The van der Waals surface area contributed by atoms with Gasteiger partial charge in [0.05, 0.1) is 16.1 Å². The van der Waals surface area contributed by atoms with Gasteiger partial charge in [-0.2, -0.15) is 0 Å². The lowest BCUT2D eigenvalue weighted by molar-refractivity contribution is 0.477. The molecule has 0 radical (unpaired) electrons. The lowest BCUT2D eigenvalue weighted by Crippen LogP contribution is -1.80. The second-order valence-electron chi connectivity index (χ2n) is 3.89. The van der Waals surface area contributed by atoms with Gasteiger partial charge in [-0.3, -0.25) is 0 Å². The minimum atomic E-state index is 0.166. The molecule has 2 aromatic carbocycles. The first-order chi connectivity index (χ1) is 8.65. The molecule has 1 heterocycles. The van der Waals surface area contributed by atoms with Crippen LogP contribution in [0.25, 0.3) is 22.4 Å². The molecule has 0 fully saturated rings. The van der Waals surface area contributed by atoms with Gasteiger partial charge >= 0.3 is 0 Å². The van der Waals surface area contributed by atoms with Crippen LogP contribution in [0.4, 0.5) is 0 Å². The number of imidazole rings is 1. The molecule has 3 aromatic rings. The molecule has 3 nitrogen and oxygen atoms in total. The number of rotatable bonds is 1. The maximum absolute atomic E-state index is 9.79. The van der Waals surface area contributed by atoms with Crippen LogP contribution in [0.3, 0.4) is 0 Å². The Morgan fingerprint density at radius 1 is 1.11 bits per heavy atom. The van der Waals surface area contributed by atoms with E-state index in [1.54, 1.807) is 30.3 Å². The normalized spacial score (nSPS) is 11.0. The molecule has 1 aromatic heterocycles. The Kier molecular flexibility index (Phi) is 2.65. The van der Waals surface area contributed by atoms with Crippen LogP contribution in [0.15, 0.2) is 36.4 Å². The van der Waals surface area contributed by atoms with E-state index in [2.05, 4.69) is 9.97 Å². The predicted octanol–water partition coefficient (Wildman–Crippen LogP) is 4.24. The summed E-state index contributed by atoms with van der Waals surface area (Å²) in [6.45, 7) is 0. The molecule has 3 rings (SSSR count). The lowest BCUT2D eigenvalue weighted by atomic mass is 10.2. The number of halogens is 2. The van der Waals surface area contributed by atoms with Gasteiger partial charge in [-0.15, -0.1) is 0 Å². The summed E-state index contributed by atoms with van der Waals surface area (Å²) in [5.41, 5.74) is 2.01. The quantitative estimate of drug-likeness (QED) is 0.699. The van der Waals surface area contributed by atoms with Gasteiger partial charge in [0.2, 0.25) is 0 Å². The Morgan fingerprint density at radius 3 is 2.67 bits per heavy atom. The summed E-state index contributed by atoms with van der Waals surface area (Å²) >= 11 is 12.0. The van der Waals surface area contributed by atoms with Gasteiger partial charge in [0.15, 0.2) is 0 Å². The molecule has 0 amide bonds. The summed E-state index contributed by atoms with van der Waals surface area (Å²) in [5, 5.41) is 10.8. The molecular weight excluding hydrogens is 271 g/mol. The summed E-state index contributed by atoms with van der Waals surface area (Å²) in [7, 11) is 0. The Hall–Kier alpha value is -1.71. The SMILES string of the molecule is Oc1ccccc1-c1nc2c(Cl)cc(Cl)cc2[nH]1. The van der Waals surface area contributed by atoms with Crippen molar-refractivity contribution in [3.63, 3.8) is 0 Å². The van der Waals surface area contributed by atoms with Gasteiger partial charge < -0.3 is 10.1 Å². The van der Waals surface area contributed by atoms with Crippen LogP contribution in [0, 0.1) is 0 Å². The van der Waals surface area contributed by atoms with Crippen molar-refractivity contribution in [3.8, 4) is 17.1 Å². The van der Waals surface area contributed by atoms with Gasteiger partial charge in [-0.05, 0) is 24.3 Å². The zero-order valence-electron chi connectivity index (χ0n) is 9.11. The second-order valence-corrected chi connectivity index (χ2v) is 4.73. The molecule has 0 aliphatic heterocycles. The molecule has 0 saturated heterocycles. The number of nitrogens with zero attached hydrogens (tertiary/aromatic N) is 1. The highest BCUT2D eigenvalue weighted by molar-refractivity contribution is 6.38. The summed E-state index contributed by atoms with van der Waals surface area (Å²) in [5.74, 6) is 0.728. The highest BCUT2D eigenvalue weighted by atomic mass is 35.5. The van der Waals surface area contributed by atoms with E-state index in [1.165, 1.54) is 0 Å². The van der Waals surface area contributed by atoms with E-state index in [0.29, 0.717) is 26.9 Å². The molecule has 0 aliphatic rings. The van der Waals surface area contributed by atoms with Crippen molar-refractivity contribution in [1.29, 1.82) is 0 Å². The standard InChI is InChI=1S/C13H8Cl2N2O/c14-7-5-9(15)12-10(6-7)16-13(17-12)8-3-1-2-4-11(8)18/h1-6,18H,(H,16,17). The highest BCUT2D eigenvalue weighted by Crippen LogP contribution is 2.31. The van der Waals surface area contributed by atoms with E-state index in [1.807, 2.05) is 6.07 Å². The highest BCUT2D eigenvalue weighted by Gasteiger charge is 2.11. The van der Waals surface area contributed by atoms with E-state index < -0.39 is 0 Å². The maximum atomic E-state index is 9.79. The third-order valence-corrected chi connectivity index (χ3v) is 3.17. The van der Waals surface area contributed by atoms with Gasteiger partial charge in [-0.1, -0.05) is 35.3 Å². The Balaban J connectivity index is 2.26. The van der Waals surface area contributed by atoms with Gasteiger partial charge in [0.1, 0.15) is 17.1 Å². The number of para-hydroxylation sites is 1. The van der Waals surface area contributed by atoms with E-state index in [-0.39, 0.29) is 5.75 Å². The number of benzene rings is 2. The van der Waals surface area contributed by atoms with Crippen LogP contribution >= 0.6 is 23.2 Å². The molecule has 0 aliphatic carbocycles. The Morgan fingerprint density at radius 2 is 1.89 bits per heavy atom. The maximum Gasteiger partial charge on any atom is 0.142 e. The monoisotopic (exact) mass is 278 g/mol. The Labute approximate surface area is 113 Å². The summed E-state index contributed by atoms with van der Waals surface area (Å²) in [6, 6.07) is 10.4. The van der Waals surface area contributed by atoms with Crippen molar-refractivity contribution in [1.82, 2.24) is 9.97 Å². The fraction of sp³-hybridized carbons (Fsp3) is 0. The van der Waals surface area contributed by atoms with Crippen LogP contribution in [0.2, 0.25) is 10.0 Å². The number of phenols is 1. The number of hydrogen-bond acceptors (Lipinski definition) is 2. The number of aromatic hydroxyl groups is 1. The van der Waals surface area contributed by atoms with E-state index in [4.69, 9.17) is 23.2 Å². The third kappa shape index (κ3) is 1.82. The van der Waals surface area contributed by atoms with Crippen molar-refractivity contribution >= 4 is 34.2 Å². The minimum absolute atomic E-state index is 0.166. The molecule has 0 spiro atoms. The van der Waals surface area contributed by atoms with E-state index in [0.717, 1.165) is 5.52 Å². The number of nitrogens with one attached hydrogen (secondary N) is 1. The average molecular weight is 279 g/mol. The zero-order valence-corrected chi connectivity index (χ0v) is 10.6. The first-order valence-electron chi connectivity index (χ1n) is 5.28. The van der Waals surface area contributed by atoms with Gasteiger partial charge in [-0.25, -0.2) is 4.98 Å². The minimum Gasteiger partial charge on any atom is -0.507 e. The molecule has 5 heteroatoms. The number of aromatic amines is 1. The topological polar surface area (TPSA) is 48.9 Å². The first-order valence-corrected chi connectivity index (χ1v) is 6.04. The number of hydrogen-bond donors (Lipinski definition) is 2. The first kappa shape index (κ1) is 11.4. The largest absolute Gasteiger partial charge is 0.507 e. The van der Waals surface area contributed by atoms with E-state index in [9.17, 15) is 5.11 Å². The van der Waals surface area contributed by atoms with Crippen molar-refractivity contribution in [2.45, 2.75) is 0 Å². The Bertz CT molecular complexity index is 737. The molecule has 90 valence electrons. The van der Waals surface area contributed by atoms with Crippen LogP contribution in [0.1, 0.15) is 0 Å². The summed E-state index contributed by atoms with van der Waals surface area (Å²) < 4.78 is 0. The fourth-order valence-electron chi connectivity index (χ4n) is 1.84. The summed E-state index contributed by atoms with van der Waals surface area (Å²) in [4.78, 5) is 7.47. The number of aromatic nitrogens is 2. The van der Waals surface area contributed by atoms with Crippen molar-refractivity contribution in [2.24, 2.45) is 0 Å². The predicted molar refractivity (Wildman–Crippen MR) is 73.2 cm³/mol. The molecule has 0 saturated carbocycles. The van der Waals surface area contributed by atoms with Gasteiger partial charge in [0.25, 0.3) is 0 Å². The molecule has 0 atom stereocenters. The lowest BCUT2D eigenvalue weighted by Gasteiger charge is -1.98. The van der Waals surface area contributed by atoms with Crippen molar-refractivity contribution in [2.75, 3.05) is 0 Å². The molecule has 2 N–H and O–H groups in total. The van der Waals surface area contributed by atoms with Crippen LogP contribution < -0.4 is 0 Å². The average Bonchev–Trinajstić information content (AvgIpc) is 2.73. The summed E-state index contributed by atoms with van der Waals surface area (Å²) in [6.07, 6.45) is 0. The van der Waals surface area contributed by atoms with Crippen LogP contribution in [-0.4, -0.2) is 15.1 Å².